The van der Waals surface area contributed by atoms with Crippen LogP contribution < -0.4 is 5.32 Å². The number of piperidine rings is 1. The molecule has 2 saturated heterocycles. The first-order chi connectivity index (χ1) is 10.3. The van der Waals surface area contributed by atoms with Crippen molar-refractivity contribution in [3.63, 3.8) is 0 Å². The Labute approximate surface area is 127 Å². The lowest BCUT2D eigenvalue weighted by molar-refractivity contribution is -0.0128. The van der Waals surface area contributed by atoms with Crippen molar-refractivity contribution in [2.45, 2.75) is 50.6 Å². The van der Waals surface area contributed by atoms with E-state index in [1.807, 2.05) is 0 Å². The normalized spacial score (nSPS) is 46.9. The van der Waals surface area contributed by atoms with Crippen LogP contribution in [0.1, 0.15) is 38.7 Å². The quantitative estimate of drug-likeness (QED) is 0.848. The van der Waals surface area contributed by atoms with E-state index in [1.54, 1.807) is 5.56 Å². The Hall–Kier alpha value is -1.02. The van der Waals surface area contributed by atoms with E-state index in [-0.39, 0.29) is 0 Å². The van der Waals surface area contributed by atoms with Gasteiger partial charge in [0.1, 0.15) is 0 Å². The Balaban J connectivity index is 1.68. The second-order valence-electron chi connectivity index (χ2n) is 7.90. The second-order valence-corrected chi connectivity index (χ2v) is 7.90. The fraction of sp³-hybridized carbons (Fsp3) is 0.684. The molecule has 2 bridgehead atoms. The molecule has 6 atom stereocenters. The largest absolute Gasteiger partial charge is 0.381 e. The van der Waals surface area contributed by atoms with Crippen molar-refractivity contribution in [1.82, 2.24) is 4.90 Å². The molecule has 0 radical (unpaired) electrons. The van der Waals surface area contributed by atoms with Gasteiger partial charge in [-0.25, -0.2) is 0 Å². The Morgan fingerprint density at radius 2 is 2.19 bits per heavy atom. The van der Waals surface area contributed by atoms with Gasteiger partial charge in [0.25, 0.3) is 0 Å². The fourth-order valence-corrected chi connectivity index (χ4v) is 6.52. The van der Waals surface area contributed by atoms with Gasteiger partial charge in [0.05, 0.1) is 0 Å². The lowest BCUT2D eigenvalue weighted by Crippen LogP contribution is -2.63. The lowest BCUT2D eigenvalue weighted by atomic mass is 9.55. The van der Waals surface area contributed by atoms with Crippen LogP contribution in [0.15, 0.2) is 24.3 Å². The maximum atomic E-state index is 3.95. The van der Waals surface area contributed by atoms with Crippen LogP contribution in [0.4, 0.5) is 5.69 Å². The first-order valence-corrected chi connectivity index (χ1v) is 8.86. The number of nitrogens with zero attached hydrogens (tertiary/aromatic N) is 1. The summed E-state index contributed by atoms with van der Waals surface area (Å²) in [5.74, 6) is 2.64. The molecule has 112 valence electrons. The van der Waals surface area contributed by atoms with Crippen LogP contribution in [0.3, 0.4) is 0 Å². The van der Waals surface area contributed by atoms with E-state index < -0.39 is 0 Å². The van der Waals surface area contributed by atoms with Gasteiger partial charge >= 0.3 is 0 Å². The third-order valence-electron chi connectivity index (χ3n) is 7.44. The summed E-state index contributed by atoms with van der Waals surface area (Å²) < 4.78 is 0. The van der Waals surface area contributed by atoms with Crippen molar-refractivity contribution >= 4 is 5.69 Å². The summed E-state index contributed by atoms with van der Waals surface area (Å²) in [4.78, 5) is 2.84. The van der Waals surface area contributed by atoms with Gasteiger partial charge in [-0.1, -0.05) is 38.5 Å². The van der Waals surface area contributed by atoms with E-state index >= 15 is 0 Å². The highest BCUT2D eigenvalue weighted by molar-refractivity contribution is 5.64. The van der Waals surface area contributed by atoms with Crippen LogP contribution in [-0.4, -0.2) is 30.1 Å². The van der Waals surface area contributed by atoms with Crippen molar-refractivity contribution in [2.75, 3.05) is 18.4 Å². The average molecular weight is 282 g/mol. The minimum Gasteiger partial charge on any atom is -0.381 e. The fourth-order valence-electron chi connectivity index (χ4n) is 6.52. The zero-order valence-electron chi connectivity index (χ0n) is 13.2. The van der Waals surface area contributed by atoms with Gasteiger partial charge in [-0.05, 0) is 48.8 Å². The van der Waals surface area contributed by atoms with Gasteiger partial charge in [0, 0.05) is 29.7 Å². The Kier molecular flexibility index (Phi) is 2.41. The van der Waals surface area contributed by atoms with E-state index in [0.29, 0.717) is 11.5 Å². The molecule has 1 aromatic carbocycles. The molecule has 3 aliphatic heterocycles. The number of fused-ring (bicyclic) bond motifs is 2. The zero-order chi connectivity index (χ0) is 14.2. The first-order valence-electron chi connectivity index (χ1n) is 8.86. The molecule has 3 heterocycles. The Morgan fingerprint density at radius 3 is 3.05 bits per heavy atom. The molecule has 0 amide bonds. The summed E-state index contributed by atoms with van der Waals surface area (Å²) in [6.07, 6.45) is 4.15. The van der Waals surface area contributed by atoms with E-state index in [0.717, 1.165) is 23.8 Å². The molecule has 21 heavy (non-hydrogen) atoms. The predicted octanol–water partition coefficient (Wildman–Crippen LogP) is 3.49. The van der Waals surface area contributed by atoms with Gasteiger partial charge in [0.15, 0.2) is 0 Å². The van der Waals surface area contributed by atoms with Gasteiger partial charge < -0.3 is 5.32 Å². The summed E-state index contributed by atoms with van der Waals surface area (Å²) >= 11 is 0. The van der Waals surface area contributed by atoms with E-state index in [9.17, 15) is 0 Å². The second kappa shape index (κ2) is 4.04. The van der Waals surface area contributed by atoms with Gasteiger partial charge in [-0.2, -0.15) is 0 Å². The van der Waals surface area contributed by atoms with Crippen molar-refractivity contribution in [1.29, 1.82) is 0 Å². The van der Waals surface area contributed by atoms with E-state index in [1.165, 1.54) is 38.0 Å². The SMILES string of the molecule is CC[C@@H]1CN2CC[C@]34c5ccccc5N[C@H]3[C@H](C)[C@H]1C[C@H]24. The third-order valence-corrected chi connectivity index (χ3v) is 7.44. The molecule has 1 aromatic rings. The molecule has 1 N–H and O–H groups in total. The number of rotatable bonds is 1. The Morgan fingerprint density at radius 1 is 1.33 bits per heavy atom. The molecule has 2 nitrogen and oxygen atoms in total. The summed E-state index contributed by atoms with van der Waals surface area (Å²) in [6.45, 7) is 7.59. The van der Waals surface area contributed by atoms with Crippen LogP contribution in [0.2, 0.25) is 0 Å². The molecule has 1 spiro atoms. The predicted molar refractivity (Wildman–Crippen MR) is 86.6 cm³/mol. The topological polar surface area (TPSA) is 15.3 Å². The number of anilines is 1. The minimum atomic E-state index is 0.408. The summed E-state index contributed by atoms with van der Waals surface area (Å²) in [5, 5.41) is 3.95. The van der Waals surface area contributed by atoms with Gasteiger partial charge in [0.2, 0.25) is 0 Å². The molecule has 0 unspecified atom stereocenters. The highest BCUT2D eigenvalue weighted by atomic mass is 15.2. The summed E-state index contributed by atoms with van der Waals surface area (Å²) in [7, 11) is 0. The lowest BCUT2D eigenvalue weighted by Gasteiger charge is -2.56. The molecule has 1 aliphatic carbocycles. The molecular weight excluding hydrogens is 256 g/mol. The molecule has 1 saturated carbocycles. The zero-order valence-corrected chi connectivity index (χ0v) is 13.2. The van der Waals surface area contributed by atoms with Crippen molar-refractivity contribution in [3.05, 3.63) is 29.8 Å². The molecular formula is C19H26N2. The highest BCUT2D eigenvalue weighted by Gasteiger charge is 2.64. The Bertz CT molecular complexity index is 583. The van der Waals surface area contributed by atoms with Gasteiger partial charge in [-0.3, -0.25) is 4.90 Å². The standard InChI is InChI=1S/C19H26N2/c1-3-13-11-21-9-8-19-15-6-4-5-7-16(15)20-18(19)12(2)14(13)10-17(19)21/h4-7,12-14,17-18,20H,3,8-11H2,1-2H3/t12-,13-,14-,17+,18+,19-/m1/s1. The molecule has 3 fully saturated rings. The average Bonchev–Trinajstić information content (AvgIpc) is 3.07. The molecule has 5 rings (SSSR count). The number of hydrogen-bond acceptors (Lipinski definition) is 2. The highest BCUT2D eigenvalue weighted by Crippen LogP contribution is 2.61. The van der Waals surface area contributed by atoms with Crippen molar-refractivity contribution < 1.29 is 0 Å². The molecule has 0 aromatic heterocycles. The number of para-hydroxylation sites is 1. The summed E-state index contributed by atoms with van der Waals surface area (Å²) in [5.41, 5.74) is 3.46. The van der Waals surface area contributed by atoms with Crippen LogP contribution in [0.25, 0.3) is 0 Å². The van der Waals surface area contributed by atoms with Crippen LogP contribution in [0.5, 0.6) is 0 Å². The van der Waals surface area contributed by atoms with Crippen LogP contribution in [-0.2, 0) is 5.41 Å². The van der Waals surface area contributed by atoms with E-state index in [4.69, 9.17) is 0 Å². The monoisotopic (exact) mass is 282 g/mol. The molecule has 2 heteroatoms. The minimum absolute atomic E-state index is 0.408. The third kappa shape index (κ3) is 1.34. The van der Waals surface area contributed by atoms with Crippen LogP contribution >= 0.6 is 0 Å². The van der Waals surface area contributed by atoms with Crippen molar-refractivity contribution in [2.24, 2.45) is 17.8 Å². The van der Waals surface area contributed by atoms with Gasteiger partial charge in [-0.15, -0.1) is 0 Å². The number of hydrogen-bond donors (Lipinski definition) is 1. The maximum Gasteiger partial charge on any atom is 0.0402 e. The number of nitrogens with one attached hydrogen (secondary N) is 1. The molecule has 4 aliphatic rings. The van der Waals surface area contributed by atoms with Crippen LogP contribution in [0, 0.1) is 17.8 Å². The first kappa shape index (κ1) is 12.5. The smallest absolute Gasteiger partial charge is 0.0402 e. The number of benzene rings is 1. The summed E-state index contributed by atoms with van der Waals surface area (Å²) in [6, 6.07) is 10.6. The van der Waals surface area contributed by atoms with E-state index in [2.05, 4.69) is 48.3 Å². The maximum absolute atomic E-state index is 3.95. The van der Waals surface area contributed by atoms with Crippen molar-refractivity contribution in [3.8, 4) is 0 Å².